The molecule has 110 valence electrons. The molecule has 0 aliphatic carbocycles. The lowest BCUT2D eigenvalue weighted by atomic mass is 10.3. The second-order valence-electron chi connectivity index (χ2n) is 3.87. The van der Waals surface area contributed by atoms with Crippen molar-refractivity contribution in [1.82, 2.24) is 15.0 Å². The van der Waals surface area contributed by atoms with Gasteiger partial charge in [0.2, 0.25) is 17.8 Å². The van der Waals surface area contributed by atoms with E-state index >= 15 is 0 Å². The van der Waals surface area contributed by atoms with E-state index in [0.29, 0.717) is 5.16 Å². The van der Waals surface area contributed by atoms with Gasteiger partial charge in [-0.25, -0.2) is 0 Å². The van der Waals surface area contributed by atoms with Gasteiger partial charge in [0.05, 0.1) is 11.4 Å². The largest absolute Gasteiger partial charge is 0.368 e. The molecule has 7 nitrogen and oxygen atoms in total. The Balaban J connectivity index is 1.96. The molecule has 0 unspecified atom stereocenters. The van der Waals surface area contributed by atoms with E-state index in [1.54, 1.807) is 11.8 Å². The van der Waals surface area contributed by atoms with Crippen molar-refractivity contribution in [1.29, 1.82) is 0 Å². The van der Waals surface area contributed by atoms with Crippen molar-refractivity contribution in [3.63, 3.8) is 0 Å². The number of hydrogen-bond acceptors (Lipinski definition) is 8. The molecule has 0 fully saturated rings. The number of rotatable bonds is 5. The third-order valence-corrected chi connectivity index (χ3v) is 4.01. The first-order chi connectivity index (χ1) is 10.1. The van der Waals surface area contributed by atoms with Gasteiger partial charge >= 0.3 is 0 Å². The van der Waals surface area contributed by atoms with Gasteiger partial charge in [-0.2, -0.15) is 15.0 Å². The fourth-order valence-corrected chi connectivity index (χ4v) is 2.72. The van der Waals surface area contributed by atoms with Crippen molar-refractivity contribution in [2.45, 2.75) is 10.1 Å². The number of carbonyl (C=O) groups excluding carboxylic acids is 1. The van der Waals surface area contributed by atoms with Crippen LogP contribution in [-0.2, 0) is 4.79 Å². The lowest BCUT2D eigenvalue weighted by Gasteiger charge is -2.08. The maximum atomic E-state index is 11.9. The van der Waals surface area contributed by atoms with Crippen LogP contribution in [0.25, 0.3) is 0 Å². The Morgan fingerprint density at radius 1 is 1.19 bits per heavy atom. The predicted molar refractivity (Wildman–Crippen MR) is 86.2 cm³/mol. The summed E-state index contributed by atoms with van der Waals surface area (Å²) in [6.45, 7) is 0. The number of anilines is 3. The minimum atomic E-state index is -0.154. The standard InChI is InChI=1S/C12H14N6OS2/c1-20-8-5-3-2-4-7(8)15-9(19)6-21-12-17-10(13)16-11(14)18-12/h2-5H,6H2,1H3,(H,15,19)(H4,13,14,16,17,18). The fourth-order valence-electron chi connectivity index (χ4n) is 1.52. The highest BCUT2D eigenvalue weighted by atomic mass is 32.2. The van der Waals surface area contributed by atoms with Crippen molar-refractivity contribution in [2.24, 2.45) is 0 Å². The van der Waals surface area contributed by atoms with E-state index in [-0.39, 0.29) is 23.6 Å². The summed E-state index contributed by atoms with van der Waals surface area (Å²) < 4.78 is 0. The van der Waals surface area contributed by atoms with E-state index in [2.05, 4.69) is 20.3 Å². The first kappa shape index (κ1) is 15.4. The van der Waals surface area contributed by atoms with Gasteiger partial charge in [0.25, 0.3) is 0 Å². The molecule has 0 radical (unpaired) electrons. The molecular weight excluding hydrogens is 308 g/mol. The van der Waals surface area contributed by atoms with Crippen molar-refractivity contribution >= 4 is 47.0 Å². The Labute approximate surface area is 130 Å². The van der Waals surface area contributed by atoms with E-state index in [1.165, 1.54) is 0 Å². The Morgan fingerprint density at radius 3 is 2.52 bits per heavy atom. The molecule has 1 heterocycles. The molecule has 0 spiro atoms. The summed E-state index contributed by atoms with van der Waals surface area (Å²) in [6, 6.07) is 7.59. The molecule has 0 atom stereocenters. The quantitative estimate of drug-likeness (QED) is 0.708. The molecule has 2 rings (SSSR count). The monoisotopic (exact) mass is 322 g/mol. The van der Waals surface area contributed by atoms with E-state index in [4.69, 9.17) is 11.5 Å². The Morgan fingerprint density at radius 2 is 1.86 bits per heavy atom. The molecule has 0 saturated carbocycles. The first-order valence-corrected chi connectivity index (χ1v) is 8.12. The average molecular weight is 322 g/mol. The van der Waals surface area contributed by atoms with Gasteiger partial charge in [-0.15, -0.1) is 11.8 Å². The highest BCUT2D eigenvalue weighted by Crippen LogP contribution is 2.25. The van der Waals surface area contributed by atoms with Crippen molar-refractivity contribution in [3.8, 4) is 0 Å². The molecule has 2 aromatic rings. The highest BCUT2D eigenvalue weighted by molar-refractivity contribution is 7.99. The molecule has 1 aromatic heterocycles. The number of nitrogens with one attached hydrogen (secondary N) is 1. The van der Waals surface area contributed by atoms with Crippen LogP contribution in [-0.4, -0.2) is 32.9 Å². The lowest BCUT2D eigenvalue weighted by molar-refractivity contribution is -0.113. The van der Waals surface area contributed by atoms with Crippen LogP contribution in [0.1, 0.15) is 0 Å². The van der Waals surface area contributed by atoms with Gasteiger partial charge in [0, 0.05) is 4.90 Å². The zero-order chi connectivity index (χ0) is 15.2. The van der Waals surface area contributed by atoms with Crippen LogP contribution in [0.2, 0.25) is 0 Å². The number of amides is 1. The summed E-state index contributed by atoms with van der Waals surface area (Å²) in [6.07, 6.45) is 1.95. The average Bonchev–Trinajstić information content (AvgIpc) is 2.45. The highest BCUT2D eigenvalue weighted by Gasteiger charge is 2.09. The molecular formula is C12H14N6OS2. The molecule has 9 heteroatoms. The summed E-state index contributed by atoms with van der Waals surface area (Å²) in [7, 11) is 0. The molecule has 5 N–H and O–H groups in total. The second-order valence-corrected chi connectivity index (χ2v) is 5.66. The summed E-state index contributed by atoms with van der Waals surface area (Å²) in [4.78, 5) is 24.4. The number of benzene rings is 1. The first-order valence-electron chi connectivity index (χ1n) is 5.91. The molecule has 0 saturated heterocycles. The van der Waals surface area contributed by atoms with E-state index in [0.717, 1.165) is 22.3 Å². The molecule has 21 heavy (non-hydrogen) atoms. The van der Waals surface area contributed by atoms with Crippen LogP contribution in [0.15, 0.2) is 34.3 Å². The van der Waals surface area contributed by atoms with E-state index < -0.39 is 0 Å². The molecule has 0 aliphatic rings. The minimum Gasteiger partial charge on any atom is -0.368 e. The zero-order valence-corrected chi connectivity index (χ0v) is 12.9. The van der Waals surface area contributed by atoms with Crippen molar-refractivity contribution < 1.29 is 4.79 Å². The molecule has 0 bridgehead atoms. The smallest absolute Gasteiger partial charge is 0.234 e. The minimum absolute atomic E-state index is 0.0399. The number of nitrogens with two attached hydrogens (primary N) is 2. The fraction of sp³-hybridized carbons (Fsp3) is 0.167. The normalized spacial score (nSPS) is 10.3. The number of nitrogens with zero attached hydrogens (tertiary/aromatic N) is 3. The molecule has 1 amide bonds. The number of para-hydroxylation sites is 1. The van der Waals surface area contributed by atoms with Gasteiger partial charge in [0.1, 0.15) is 0 Å². The number of nitrogen functional groups attached to an aromatic ring is 2. The summed E-state index contributed by atoms with van der Waals surface area (Å²) in [5.74, 6) is 0.0846. The number of carbonyl (C=O) groups is 1. The topological polar surface area (TPSA) is 120 Å². The van der Waals surface area contributed by atoms with E-state index in [1.807, 2.05) is 30.5 Å². The third-order valence-electron chi connectivity index (χ3n) is 2.36. The maximum absolute atomic E-state index is 11.9. The Bertz CT molecular complexity index is 631. The number of thioether (sulfide) groups is 2. The maximum Gasteiger partial charge on any atom is 0.234 e. The van der Waals surface area contributed by atoms with Crippen LogP contribution in [0.4, 0.5) is 17.6 Å². The number of aromatic nitrogens is 3. The lowest BCUT2D eigenvalue weighted by Crippen LogP contribution is -2.15. The Hall–Kier alpha value is -2.00. The number of hydrogen-bond donors (Lipinski definition) is 3. The summed E-state index contributed by atoms with van der Waals surface area (Å²) in [5.41, 5.74) is 11.7. The zero-order valence-electron chi connectivity index (χ0n) is 11.2. The van der Waals surface area contributed by atoms with Crippen LogP contribution in [0, 0.1) is 0 Å². The van der Waals surface area contributed by atoms with Gasteiger partial charge in [-0.1, -0.05) is 23.9 Å². The Kier molecular flexibility index (Phi) is 5.23. The summed E-state index contributed by atoms with van der Waals surface area (Å²) in [5, 5.41) is 3.17. The van der Waals surface area contributed by atoms with Crippen LogP contribution < -0.4 is 16.8 Å². The predicted octanol–water partition coefficient (Wildman–Crippen LogP) is 1.49. The van der Waals surface area contributed by atoms with Crippen LogP contribution >= 0.6 is 23.5 Å². The third kappa shape index (κ3) is 4.50. The van der Waals surface area contributed by atoms with Gasteiger partial charge in [-0.3, -0.25) is 4.79 Å². The SMILES string of the molecule is CSc1ccccc1NC(=O)CSc1nc(N)nc(N)n1. The summed E-state index contributed by atoms with van der Waals surface area (Å²) >= 11 is 2.72. The van der Waals surface area contributed by atoms with Crippen molar-refractivity contribution in [3.05, 3.63) is 24.3 Å². The molecule has 1 aromatic carbocycles. The molecule has 0 aliphatic heterocycles. The van der Waals surface area contributed by atoms with Gasteiger partial charge in [0.15, 0.2) is 5.16 Å². The van der Waals surface area contributed by atoms with Crippen molar-refractivity contribution in [2.75, 3.05) is 28.8 Å². The van der Waals surface area contributed by atoms with Gasteiger partial charge in [-0.05, 0) is 18.4 Å². The van der Waals surface area contributed by atoms with Gasteiger partial charge < -0.3 is 16.8 Å². The van der Waals surface area contributed by atoms with Crippen LogP contribution in [0.3, 0.4) is 0 Å². The van der Waals surface area contributed by atoms with Crippen LogP contribution in [0.5, 0.6) is 0 Å². The second kappa shape index (κ2) is 7.14. The van der Waals surface area contributed by atoms with E-state index in [9.17, 15) is 4.79 Å².